The number of carbonyl (C=O) groups excluding carboxylic acids is 1. The Kier molecular flexibility index (Phi) is 6.19. The number of nitrogens with one attached hydrogen (secondary N) is 1. The summed E-state index contributed by atoms with van der Waals surface area (Å²) in [7, 11) is 0. The summed E-state index contributed by atoms with van der Waals surface area (Å²) < 4.78 is 15.9. The first-order chi connectivity index (χ1) is 16.9. The van der Waals surface area contributed by atoms with Gasteiger partial charge < -0.3 is 10.2 Å². The standard InChI is InChI=1S/C27H29FN6O/c1-17-10-12-22(13-11-17)34-19(3)24-18(2)30-31-26(25(24)32-34)33-14-6-8-21(16-33)27(35)29-15-20-7-4-5-9-23(20)28/h4-5,7,9-13,21H,6,8,14-16H2,1-3H3,(H,29,35). The fourth-order valence-electron chi connectivity index (χ4n) is 4.81. The van der Waals surface area contributed by atoms with Crippen LogP contribution in [0.4, 0.5) is 10.2 Å². The minimum atomic E-state index is -0.310. The van der Waals surface area contributed by atoms with Crippen LogP contribution in [0.2, 0.25) is 0 Å². The monoisotopic (exact) mass is 472 g/mol. The Morgan fingerprint density at radius 3 is 2.63 bits per heavy atom. The predicted molar refractivity (Wildman–Crippen MR) is 134 cm³/mol. The summed E-state index contributed by atoms with van der Waals surface area (Å²) in [5, 5.41) is 17.8. The lowest BCUT2D eigenvalue weighted by Gasteiger charge is -2.32. The molecular formula is C27H29FN6O. The van der Waals surface area contributed by atoms with Crippen LogP contribution in [0.25, 0.3) is 16.6 Å². The normalized spacial score (nSPS) is 16.0. The molecule has 180 valence electrons. The highest BCUT2D eigenvalue weighted by Gasteiger charge is 2.29. The molecule has 1 saturated heterocycles. The van der Waals surface area contributed by atoms with E-state index in [0.29, 0.717) is 17.9 Å². The SMILES string of the molecule is Cc1ccc(-n2nc3c(N4CCCC(C(=O)NCc5ccccc5F)C4)nnc(C)c3c2C)cc1. The maximum Gasteiger partial charge on any atom is 0.225 e. The summed E-state index contributed by atoms with van der Waals surface area (Å²) >= 11 is 0. The summed E-state index contributed by atoms with van der Waals surface area (Å²) in [6.07, 6.45) is 1.63. The van der Waals surface area contributed by atoms with Gasteiger partial charge in [-0.15, -0.1) is 5.10 Å². The van der Waals surface area contributed by atoms with Gasteiger partial charge in [0, 0.05) is 25.2 Å². The number of anilines is 1. The van der Waals surface area contributed by atoms with Crippen LogP contribution in [0.5, 0.6) is 0 Å². The number of carbonyl (C=O) groups is 1. The molecule has 3 heterocycles. The van der Waals surface area contributed by atoms with Crippen LogP contribution in [-0.4, -0.2) is 39.0 Å². The zero-order valence-electron chi connectivity index (χ0n) is 20.3. The van der Waals surface area contributed by atoms with E-state index < -0.39 is 0 Å². The summed E-state index contributed by atoms with van der Waals surface area (Å²) in [6.45, 7) is 7.53. The van der Waals surface area contributed by atoms with Crippen molar-refractivity contribution in [1.29, 1.82) is 0 Å². The van der Waals surface area contributed by atoms with Crippen LogP contribution < -0.4 is 10.2 Å². The quantitative estimate of drug-likeness (QED) is 0.466. The van der Waals surface area contributed by atoms with Crippen molar-refractivity contribution in [3.63, 3.8) is 0 Å². The third-order valence-electron chi connectivity index (χ3n) is 6.77. The lowest BCUT2D eigenvalue weighted by Crippen LogP contribution is -2.43. The number of rotatable bonds is 5. The lowest BCUT2D eigenvalue weighted by molar-refractivity contribution is -0.125. The molecule has 1 aliphatic rings. The van der Waals surface area contributed by atoms with Gasteiger partial charge in [-0.3, -0.25) is 4.79 Å². The van der Waals surface area contributed by atoms with Crippen molar-refractivity contribution in [2.24, 2.45) is 5.92 Å². The highest BCUT2D eigenvalue weighted by molar-refractivity contribution is 5.92. The van der Waals surface area contributed by atoms with Crippen molar-refractivity contribution < 1.29 is 9.18 Å². The summed E-state index contributed by atoms with van der Waals surface area (Å²) in [5.74, 6) is 0.102. The van der Waals surface area contributed by atoms with E-state index in [9.17, 15) is 9.18 Å². The molecule has 0 spiro atoms. The average molecular weight is 473 g/mol. The lowest BCUT2D eigenvalue weighted by atomic mass is 9.97. The first kappa shape index (κ1) is 23.0. The van der Waals surface area contributed by atoms with Crippen molar-refractivity contribution in [3.8, 4) is 5.69 Å². The fourth-order valence-corrected chi connectivity index (χ4v) is 4.81. The largest absolute Gasteiger partial charge is 0.352 e. The summed E-state index contributed by atoms with van der Waals surface area (Å²) in [5.41, 5.74) is 5.29. The molecule has 35 heavy (non-hydrogen) atoms. The molecule has 1 unspecified atom stereocenters. The van der Waals surface area contributed by atoms with Gasteiger partial charge in [0.1, 0.15) is 11.3 Å². The molecule has 1 fully saturated rings. The molecule has 4 aromatic rings. The topological polar surface area (TPSA) is 75.9 Å². The van der Waals surface area contributed by atoms with Gasteiger partial charge in [-0.05, 0) is 51.8 Å². The number of aryl methyl sites for hydroxylation is 3. The van der Waals surface area contributed by atoms with Gasteiger partial charge in [0.2, 0.25) is 5.91 Å². The number of piperidine rings is 1. The Labute approximate surface area is 204 Å². The second kappa shape index (κ2) is 9.44. The van der Waals surface area contributed by atoms with Crippen LogP contribution in [0.15, 0.2) is 48.5 Å². The zero-order chi connectivity index (χ0) is 24.5. The Hall–Kier alpha value is -3.81. The van der Waals surface area contributed by atoms with Gasteiger partial charge in [0.05, 0.1) is 28.4 Å². The molecule has 1 atom stereocenters. The van der Waals surface area contributed by atoms with E-state index in [2.05, 4.69) is 51.6 Å². The summed E-state index contributed by atoms with van der Waals surface area (Å²) in [4.78, 5) is 15.0. The van der Waals surface area contributed by atoms with Crippen molar-refractivity contribution in [2.75, 3.05) is 18.0 Å². The van der Waals surface area contributed by atoms with E-state index >= 15 is 0 Å². The number of hydrogen-bond donors (Lipinski definition) is 1. The van der Waals surface area contributed by atoms with E-state index in [0.717, 1.165) is 47.4 Å². The number of hydrogen-bond acceptors (Lipinski definition) is 5. The molecule has 8 heteroatoms. The smallest absolute Gasteiger partial charge is 0.225 e. The molecule has 0 aliphatic carbocycles. The van der Waals surface area contributed by atoms with Crippen molar-refractivity contribution >= 4 is 22.6 Å². The van der Waals surface area contributed by atoms with Gasteiger partial charge >= 0.3 is 0 Å². The number of benzene rings is 2. The van der Waals surface area contributed by atoms with E-state index in [4.69, 9.17) is 5.10 Å². The van der Waals surface area contributed by atoms with Crippen LogP contribution >= 0.6 is 0 Å². The third kappa shape index (κ3) is 4.48. The molecule has 2 aromatic heterocycles. The second-order valence-electron chi connectivity index (χ2n) is 9.26. The van der Waals surface area contributed by atoms with Gasteiger partial charge in [0.25, 0.3) is 0 Å². The van der Waals surface area contributed by atoms with E-state index in [1.165, 1.54) is 11.6 Å². The molecule has 7 nitrogen and oxygen atoms in total. The van der Waals surface area contributed by atoms with Crippen molar-refractivity contribution in [3.05, 3.63) is 76.9 Å². The van der Waals surface area contributed by atoms with Crippen molar-refractivity contribution in [2.45, 2.75) is 40.2 Å². The van der Waals surface area contributed by atoms with Gasteiger partial charge in [-0.2, -0.15) is 10.2 Å². The van der Waals surface area contributed by atoms with Gasteiger partial charge in [-0.25, -0.2) is 9.07 Å². The maximum absolute atomic E-state index is 13.9. The Morgan fingerprint density at radius 1 is 1.09 bits per heavy atom. The minimum Gasteiger partial charge on any atom is -0.352 e. The van der Waals surface area contributed by atoms with E-state index in [1.807, 2.05) is 18.5 Å². The number of amides is 1. The molecular weight excluding hydrogens is 443 g/mol. The first-order valence-corrected chi connectivity index (χ1v) is 12.0. The van der Waals surface area contributed by atoms with Gasteiger partial charge in [-0.1, -0.05) is 35.9 Å². The molecule has 2 aromatic carbocycles. The highest BCUT2D eigenvalue weighted by atomic mass is 19.1. The maximum atomic E-state index is 13.9. The number of halogens is 1. The van der Waals surface area contributed by atoms with Crippen LogP contribution in [0, 0.1) is 32.5 Å². The van der Waals surface area contributed by atoms with E-state index in [1.54, 1.807) is 18.2 Å². The first-order valence-electron chi connectivity index (χ1n) is 12.0. The fraction of sp³-hybridized carbons (Fsp3) is 0.333. The molecule has 0 radical (unpaired) electrons. The van der Waals surface area contributed by atoms with Crippen LogP contribution in [-0.2, 0) is 11.3 Å². The zero-order valence-corrected chi connectivity index (χ0v) is 20.3. The number of nitrogens with zero attached hydrogens (tertiary/aromatic N) is 5. The number of fused-ring (bicyclic) bond motifs is 1. The molecule has 1 amide bonds. The minimum absolute atomic E-state index is 0.0735. The van der Waals surface area contributed by atoms with Crippen LogP contribution in [0.1, 0.15) is 35.4 Å². The molecule has 5 rings (SSSR count). The molecule has 1 aliphatic heterocycles. The average Bonchev–Trinajstić information content (AvgIpc) is 3.22. The van der Waals surface area contributed by atoms with Crippen molar-refractivity contribution in [1.82, 2.24) is 25.3 Å². The number of aromatic nitrogens is 4. The second-order valence-corrected chi connectivity index (χ2v) is 9.26. The van der Waals surface area contributed by atoms with Crippen LogP contribution in [0.3, 0.4) is 0 Å². The third-order valence-corrected chi connectivity index (χ3v) is 6.77. The van der Waals surface area contributed by atoms with Gasteiger partial charge in [0.15, 0.2) is 5.82 Å². The molecule has 0 saturated carbocycles. The predicted octanol–water partition coefficient (Wildman–Crippen LogP) is 4.41. The Bertz CT molecular complexity index is 1380. The highest BCUT2D eigenvalue weighted by Crippen LogP contribution is 2.31. The van der Waals surface area contributed by atoms with E-state index in [-0.39, 0.29) is 24.2 Å². The Balaban J connectivity index is 1.40. The molecule has 1 N–H and O–H groups in total. The molecule has 0 bridgehead atoms. The Morgan fingerprint density at radius 2 is 1.86 bits per heavy atom. The summed E-state index contributed by atoms with van der Waals surface area (Å²) in [6, 6.07) is 14.8.